The number of benzene rings is 3. The lowest BCUT2D eigenvalue weighted by Gasteiger charge is -2.16. The number of carbonyl (C=O) groups excluding carboxylic acids is 1. The van der Waals surface area contributed by atoms with Gasteiger partial charge in [0.15, 0.2) is 5.78 Å². The molecule has 0 aromatic heterocycles. The summed E-state index contributed by atoms with van der Waals surface area (Å²) in [7, 11) is 0. The standard InChI is InChI=1S/C21H16Br2O2/c22-19(15-7-3-1-4-8-15)20(23)21(24)16-11-13-18(14-12-16)25-17-9-5-2-6-10-17/h1-14,19-20H/t19-,20+/m1/s1. The van der Waals surface area contributed by atoms with Crippen molar-refractivity contribution >= 4 is 37.6 Å². The Labute approximate surface area is 164 Å². The average molecular weight is 460 g/mol. The van der Waals surface area contributed by atoms with E-state index in [-0.39, 0.29) is 15.4 Å². The minimum atomic E-state index is -0.351. The topological polar surface area (TPSA) is 26.3 Å². The van der Waals surface area contributed by atoms with Crippen LogP contribution >= 0.6 is 31.9 Å². The highest BCUT2D eigenvalue weighted by atomic mass is 79.9. The smallest absolute Gasteiger partial charge is 0.177 e. The number of Topliss-reactive ketones (excluding diaryl/α,β-unsaturated/α-hetero) is 1. The van der Waals surface area contributed by atoms with Gasteiger partial charge in [0.05, 0.1) is 9.65 Å². The summed E-state index contributed by atoms with van der Waals surface area (Å²) in [6.45, 7) is 0. The lowest BCUT2D eigenvalue weighted by atomic mass is 10.0. The predicted molar refractivity (Wildman–Crippen MR) is 108 cm³/mol. The summed E-state index contributed by atoms with van der Waals surface area (Å²) in [4.78, 5) is 12.3. The summed E-state index contributed by atoms with van der Waals surface area (Å²) in [5.74, 6) is 1.49. The number of hydrogen-bond donors (Lipinski definition) is 0. The van der Waals surface area contributed by atoms with E-state index in [0.717, 1.165) is 11.3 Å². The highest BCUT2D eigenvalue weighted by Gasteiger charge is 2.25. The second kappa shape index (κ2) is 8.45. The van der Waals surface area contributed by atoms with E-state index in [1.165, 1.54) is 0 Å². The van der Waals surface area contributed by atoms with E-state index in [1.807, 2.05) is 72.8 Å². The number of carbonyl (C=O) groups is 1. The molecule has 3 aromatic carbocycles. The maximum atomic E-state index is 12.7. The van der Waals surface area contributed by atoms with Crippen LogP contribution in [0.25, 0.3) is 0 Å². The molecule has 2 atom stereocenters. The number of para-hydroxylation sites is 1. The van der Waals surface area contributed by atoms with Gasteiger partial charge in [0.1, 0.15) is 11.5 Å². The number of hydrogen-bond acceptors (Lipinski definition) is 2. The van der Waals surface area contributed by atoms with Gasteiger partial charge in [0, 0.05) is 5.56 Å². The molecule has 0 heterocycles. The van der Waals surface area contributed by atoms with Gasteiger partial charge in [-0.3, -0.25) is 4.79 Å². The molecule has 0 amide bonds. The van der Waals surface area contributed by atoms with Crippen molar-refractivity contribution in [2.24, 2.45) is 0 Å². The first kappa shape index (κ1) is 17.9. The van der Waals surface area contributed by atoms with Gasteiger partial charge in [-0.05, 0) is 42.0 Å². The first-order chi connectivity index (χ1) is 12.1. The van der Waals surface area contributed by atoms with Gasteiger partial charge < -0.3 is 4.74 Å². The van der Waals surface area contributed by atoms with Crippen molar-refractivity contribution in [1.82, 2.24) is 0 Å². The van der Waals surface area contributed by atoms with E-state index < -0.39 is 0 Å². The van der Waals surface area contributed by atoms with Crippen LogP contribution in [0.3, 0.4) is 0 Å². The van der Waals surface area contributed by atoms with Crippen molar-refractivity contribution in [3.05, 3.63) is 96.1 Å². The molecule has 0 N–H and O–H groups in total. The van der Waals surface area contributed by atoms with Crippen LogP contribution in [0.15, 0.2) is 84.9 Å². The molecule has 4 heteroatoms. The highest BCUT2D eigenvalue weighted by molar-refractivity contribution is 9.12. The van der Waals surface area contributed by atoms with Crippen LogP contribution < -0.4 is 4.74 Å². The van der Waals surface area contributed by atoms with Gasteiger partial charge in [-0.2, -0.15) is 0 Å². The fraction of sp³-hybridized carbons (Fsp3) is 0.0952. The molecule has 0 fully saturated rings. The third-order valence-corrected chi connectivity index (χ3v) is 6.45. The number of halogens is 2. The van der Waals surface area contributed by atoms with Crippen molar-refractivity contribution in [2.75, 3.05) is 0 Å². The van der Waals surface area contributed by atoms with Gasteiger partial charge in [-0.25, -0.2) is 0 Å². The van der Waals surface area contributed by atoms with Crippen molar-refractivity contribution in [3.63, 3.8) is 0 Å². The summed E-state index contributed by atoms with van der Waals surface area (Å²) in [5, 5.41) is 0. The minimum absolute atomic E-state index is 0.0250. The summed E-state index contributed by atoms with van der Waals surface area (Å²) in [5.41, 5.74) is 1.70. The average Bonchev–Trinajstić information content (AvgIpc) is 2.68. The zero-order valence-corrected chi connectivity index (χ0v) is 16.5. The Morgan fingerprint density at radius 2 is 1.24 bits per heavy atom. The summed E-state index contributed by atoms with van der Waals surface area (Å²) in [6.07, 6.45) is 0. The molecule has 3 aromatic rings. The largest absolute Gasteiger partial charge is 0.457 e. The summed E-state index contributed by atoms with van der Waals surface area (Å²) in [6, 6.07) is 26.6. The molecule has 0 saturated carbocycles. The third-order valence-electron chi connectivity index (χ3n) is 3.74. The van der Waals surface area contributed by atoms with Crippen molar-refractivity contribution < 1.29 is 9.53 Å². The summed E-state index contributed by atoms with van der Waals surface area (Å²) >= 11 is 7.14. The number of ketones is 1. The minimum Gasteiger partial charge on any atom is -0.457 e. The molecular formula is C21H16Br2O2. The molecule has 126 valence electrons. The molecule has 2 nitrogen and oxygen atoms in total. The molecular weight excluding hydrogens is 444 g/mol. The fourth-order valence-corrected chi connectivity index (χ4v) is 3.52. The number of alkyl halides is 2. The van der Waals surface area contributed by atoms with Crippen LogP contribution in [0.4, 0.5) is 0 Å². The Bertz CT molecular complexity index is 818. The van der Waals surface area contributed by atoms with E-state index >= 15 is 0 Å². The van der Waals surface area contributed by atoms with E-state index in [4.69, 9.17) is 4.74 Å². The third kappa shape index (κ3) is 4.59. The molecule has 0 aliphatic heterocycles. The van der Waals surface area contributed by atoms with E-state index in [1.54, 1.807) is 12.1 Å². The van der Waals surface area contributed by atoms with Gasteiger partial charge in [-0.1, -0.05) is 80.4 Å². The predicted octanol–water partition coefficient (Wildman–Crippen LogP) is 6.56. The summed E-state index contributed by atoms with van der Waals surface area (Å²) < 4.78 is 5.76. The lowest BCUT2D eigenvalue weighted by molar-refractivity contribution is 0.0991. The van der Waals surface area contributed by atoms with Gasteiger partial charge in [0.2, 0.25) is 0 Å². The number of rotatable bonds is 6. The Hall–Kier alpha value is -1.91. The van der Waals surface area contributed by atoms with Crippen molar-refractivity contribution in [3.8, 4) is 11.5 Å². The molecule has 0 spiro atoms. The van der Waals surface area contributed by atoms with Crippen molar-refractivity contribution in [1.29, 1.82) is 0 Å². The molecule has 0 aliphatic rings. The SMILES string of the molecule is O=C(c1ccc(Oc2ccccc2)cc1)[C@@H](Br)[C@H](Br)c1ccccc1. The Kier molecular flexibility index (Phi) is 6.05. The van der Waals surface area contributed by atoms with E-state index in [0.29, 0.717) is 11.3 Å². The zero-order chi connectivity index (χ0) is 17.6. The van der Waals surface area contributed by atoms with E-state index in [9.17, 15) is 4.79 Å². The molecule has 0 unspecified atom stereocenters. The molecule has 0 radical (unpaired) electrons. The molecule has 0 aliphatic carbocycles. The van der Waals surface area contributed by atoms with Crippen LogP contribution in [0, 0.1) is 0 Å². The molecule has 0 bridgehead atoms. The first-order valence-electron chi connectivity index (χ1n) is 7.85. The molecule has 0 saturated heterocycles. The van der Waals surface area contributed by atoms with Gasteiger partial charge >= 0.3 is 0 Å². The maximum Gasteiger partial charge on any atom is 0.177 e. The Balaban J connectivity index is 1.70. The monoisotopic (exact) mass is 458 g/mol. The Morgan fingerprint density at radius 1 is 0.720 bits per heavy atom. The van der Waals surface area contributed by atoms with Crippen LogP contribution in [-0.4, -0.2) is 10.6 Å². The second-order valence-electron chi connectivity index (χ2n) is 5.52. The van der Waals surface area contributed by atoms with Crippen LogP contribution in [0.1, 0.15) is 20.7 Å². The fourth-order valence-electron chi connectivity index (χ4n) is 2.41. The van der Waals surface area contributed by atoms with E-state index in [2.05, 4.69) is 31.9 Å². The maximum absolute atomic E-state index is 12.7. The zero-order valence-electron chi connectivity index (χ0n) is 13.3. The quantitative estimate of drug-likeness (QED) is 0.308. The lowest BCUT2D eigenvalue weighted by Crippen LogP contribution is -2.19. The van der Waals surface area contributed by atoms with Gasteiger partial charge in [-0.15, -0.1) is 0 Å². The molecule has 25 heavy (non-hydrogen) atoms. The first-order valence-corrected chi connectivity index (χ1v) is 9.68. The highest BCUT2D eigenvalue weighted by Crippen LogP contribution is 2.33. The van der Waals surface area contributed by atoms with Gasteiger partial charge in [0.25, 0.3) is 0 Å². The second-order valence-corrected chi connectivity index (χ2v) is 7.49. The van der Waals surface area contributed by atoms with Crippen LogP contribution in [0.2, 0.25) is 0 Å². The van der Waals surface area contributed by atoms with Crippen LogP contribution in [-0.2, 0) is 0 Å². The Morgan fingerprint density at radius 3 is 1.84 bits per heavy atom. The van der Waals surface area contributed by atoms with Crippen LogP contribution in [0.5, 0.6) is 11.5 Å². The number of ether oxygens (including phenoxy) is 1. The van der Waals surface area contributed by atoms with Crippen molar-refractivity contribution in [2.45, 2.75) is 9.65 Å². The normalized spacial score (nSPS) is 13.0. The molecule has 3 rings (SSSR count).